The maximum Gasteiger partial charge on any atom is 0.319 e. The Labute approximate surface area is 325 Å². The topological polar surface area (TPSA) is 144 Å². The van der Waals surface area contributed by atoms with Gasteiger partial charge in [0, 0.05) is 46.4 Å². The number of likely N-dealkylation sites (N-methyl/N-ethyl adjacent to an activating group) is 1. The van der Waals surface area contributed by atoms with E-state index in [0.29, 0.717) is 41.4 Å². The molecule has 1 saturated carbocycles. The lowest BCUT2D eigenvalue weighted by atomic mass is 9.69. The number of hydrogen-bond donors (Lipinski definition) is 5. The number of aliphatic hydroxyl groups is 1. The summed E-state index contributed by atoms with van der Waals surface area (Å²) in [6, 6.07) is 26.8. The van der Waals surface area contributed by atoms with Crippen molar-refractivity contribution in [2.24, 2.45) is 5.92 Å². The number of hydrogen-bond acceptors (Lipinski definition) is 8. The molecule has 1 fully saturated rings. The third kappa shape index (κ3) is 8.26. The number of carbonyl (C=O) groups is 1. The van der Waals surface area contributed by atoms with E-state index in [-0.39, 0.29) is 16.8 Å². The van der Waals surface area contributed by atoms with Crippen LogP contribution in [-0.2, 0) is 23.2 Å². The molecule has 1 aliphatic rings. The van der Waals surface area contributed by atoms with Gasteiger partial charge in [0.25, 0.3) is 0 Å². The van der Waals surface area contributed by atoms with E-state index in [1.165, 1.54) is 29.0 Å². The molecule has 11 heteroatoms. The number of pyridine rings is 1. The molecule has 0 radical (unpaired) electrons. The van der Waals surface area contributed by atoms with Crippen molar-refractivity contribution in [2.45, 2.75) is 82.0 Å². The molecule has 0 amide bonds. The lowest BCUT2D eigenvalue weighted by Crippen LogP contribution is -2.43. The van der Waals surface area contributed by atoms with Crippen LogP contribution < -0.4 is 10.9 Å². The van der Waals surface area contributed by atoms with E-state index in [1.54, 1.807) is 12.1 Å². The number of phenolic OH excluding ortho intramolecular Hbond substituents is 1. The number of rotatable bonds is 15. The van der Waals surface area contributed by atoms with Crippen LogP contribution in [0, 0.1) is 5.92 Å². The van der Waals surface area contributed by atoms with Gasteiger partial charge in [-0.2, -0.15) is 5.10 Å². The molecular weight excluding hydrogens is 711 g/mol. The van der Waals surface area contributed by atoms with Crippen molar-refractivity contribution in [2.75, 3.05) is 20.1 Å². The van der Waals surface area contributed by atoms with Crippen LogP contribution in [0.2, 0.25) is 0 Å². The first-order valence-corrected chi connectivity index (χ1v) is 20.1. The summed E-state index contributed by atoms with van der Waals surface area (Å²) < 4.78 is 2.08. The number of fused-ring (bicyclic) bond motifs is 2. The number of aliphatic hydroxyl groups excluding tert-OH is 1. The maximum absolute atomic E-state index is 13.0. The second-order valence-electron chi connectivity index (χ2n) is 15.9. The van der Waals surface area contributed by atoms with Crippen molar-refractivity contribution < 1.29 is 20.1 Å². The maximum atomic E-state index is 13.0. The first-order chi connectivity index (χ1) is 26.4. The number of phenols is 1. The molecule has 6 aromatic rings. The van der Waals surface area contributed by atoms with Crippen LogP contribution in [0.5, 0.6) is 5.75 Å². The summed E-state index contributed by atoms with van der Waals surface area (Å²) >= 11 is 1.54. The van der Waals surface area contributed by atoms with Gasteiger partial charge < -0.3 is 30.5 Å². The number of H-pyrrole nitrogens is 1. The number of nitrogens with one attached hydrogen (secondary N) is 2. The first kappa shape index (κ1) is 38.5. The summed E-state index contributed by atoms with van der Waals surface area (Å²) in [6.07, 6.45) is 6.56. The van der Waals surface area contributed by atoms with Gasteiger partial charge in [-0.25, -0.2) is 0 Å². The standard InChI is InChI=1S/C44H51N5O5S/c1-43(2,45-28-38(51)34-16-19-37(50)41-35(34)17-20-40(52)47-41)25-30-13-18-36-31(24-30)27-46-49(36)22-21-48(3)33-14-11-29(12-15-33)26-44(42(53)54,39-10-7-23-55-39)32-8-5-4-6-9-32/h4-10,13,16-20,23-24,27,29,33,38,45,50-51H,11-12,14-15,21-22,25-26,28H2,1-3H3,(H,47,52)(H,53,54)/t29-,33-,38-,44?/m0/s1. The van der Waals surface area contributed by atoms with Gasteiger partial charge in [-0.05, 0) is 118 Å². The molecule has 288 valence electrons. The molecule has 3 aromatic carbocycles. The van der Waals surface area contributed by atoms with Crippen LogP contribution in [0.4, 0.5) is 0 Å². The van der Waals surface area contributed by atoms with Crippen molar-refractivity contribution in [1.82, 2.24) is 25.0 Å². The zero-order valence-electron chi connectivity index (χ0n) is 31.7. The second kappa shape index (κ2) is 16.1. The summed E-state index contributed by atoms with van der Waals surface area (Å²) in [6.45, 7) is 6.17. The summed E-state index contributed by atoms with van der Waals surface area (Å²) in [5, 5.41) is 44.0. The molecule has 5 N–H and O–H groups in total. The zero-order chi connectivity index (χ0) is 38.7. The Morgan fingerprint density at radius 3 is 2.55 bits per heavy atom. The van der Waals surface area contributed by atoms with Gasteiger partial charge >= 0.3 is 5.97 Å². The average Bonchev–Trinajstić information content (AvgIpc) is 3.87. The quantitative estimate of drug-likeness (QED) is 0.0737. The Bertz CT molecular complexity index is 2290. The summed E-state index contributed by atoms with van der Waals surface area (Å²) in [5.41, 5.74) is 2.42. The van der Waals surface area contributed by atoms with Gasteiger partial charge in [-0.3, -0.25) is 14.3 Å². The first-order valence-electron chi connectivity index (χ1n) is 19.2. The number of thiophene rings is 1. The molecule has 10 nitrogen and oxygen atoms in total. The van der Waals surface area contributed by atoms with E-state index < -0.39 is 17.5 Å². The Balaban J connectivity index is 0.924. The van der Waals surface area contributed by atoms with Crippen molar-refractivity contribution in [3.8, 4) is 5.75 Å². The molecule has 3 aromatic heterocycles. The van der Waals surface area contributed by atoms with Crippen molar-refractivity contribution >= 4 is 39.1 Å². The average molecular weight is 762 g/mol. The predicted molar refractivity (Wildman–Crippen MR) is 219 cm³/mol. The van der Waals surface area contributed by atoms with Gasteiger partial charge in [-0.15, -0.1) is 11.3 Å². The highest BCUT2D eigenvalue weighted by molar-refractivity contribution is 7.10. The van der Waals surface area contributed by atoms with Crippen LogP contribution >= 0.6 is 11.3 Å². The van der Waals surface area contributed by atoms with E-state index in [2.05, 4.69) is 59.0 Å². The summed E-state index contributed by atoms with van der Waals surface area (Å²) in [7, 11) is 2.20. The molecule has 1 unspecified atom stereocenters. The minimum atomic E-state index is -1.02. The van der Waals surface area contributed by atoms with E-state index in [1.807, 2.05) is 54.0 Å². The van der Waals surface area contributed by atoms with E-state index in [4.69, 9.17) is 5.10 Å². The van der Waals surface area contributed by atoms with Crippen LogP contribution in [-0.4, -0.2) is 72.7 Å². The Morgan fingerprint density at radius 2 is 1.82 bits per heavy atom. The molecule has 0 spiro atoms. The molecule has 1 aliphatic carbocycles. The highest BCUT2D eigenvalue weighted by Gasteiger charge is 2.45. The smallest absolute Gasteiger partial charge is 0.319 e. The molecular formula is C44H51N5O5S. The van der Waals surface area contributed by atoms with E-state index >= 15 is 0 Å². The Hall–Kier alpha value is -4.81. The third-order valence-electron chi connectivity index (χ3n) is 11.7. The number of benzene rings is 3. The fraction of sp³-hybridized carbons (Fsp3) is 0.386. The lowest BCUT2D eigenvalue weighted by molar-refractivity contribution is -0.142. The number of aromatic nitrogens is 3. The van der Waals surface area contributed by atoms with Gasteiger partial charge in [0.05, 0.1) is 29.9 Å². The molecule has 0 aliphatic heterocycles. The summed E-state index contributed by atoms with van der Waals surface area (Å²) in [5.74, 6) is -0.460. The number of aromatic amines is 1. The van der Waals surface area contributed by atoms with Crippen LogP contribution in [0.3, 0.4) is 0 Å². The number of aliphatic carboxylic acids is 1. The minimum Gasteiger partial charge on any atom is -0.506 e. The molecule has 0 saturated heterocycles. The SMILES string of the molecule is CN(CCn1ncc2cc(CC(C)(C)NC[C@H](O)c3ccc(O)c4[nH]c(=O)ccc34)ccc21)[C@H]1CC[C@H](CC(C(=O)O)(c2ccccc2)c2cccs2)CC1. The monoisotopic (exact) mass is 761 g/mol. The van der Waals surface area contributed by atoms with Crippen LogP contribution in [0.1, 0.15) is 73.6 Å². The van der Waals surface area contributed by atoms with Crippen molar-refractivity contribution in [1.29, 1.82) is 0 Å². The normalized spacial score (nSPS) is 18.1. The second-order valence-corrected chi connectivity index (χ2v) is 16.9. The molecule has 0 bridgehead atoms. The third-order valence-corrected chi connectivity index (χ3v) is 12.7. The van der Waals surface area contributed by atoms with Crippen molar-refractivity contribution in [3.63, 3.8) is 0 Å². The molecule has 7 rings (SSSR count). The van der Waals surface area contributed by atoms with E-state index in [9.17, 15) is 24.9 Å². The Kier molecular flexibility index (Phi) is 11.3. The molecule has 3 heterocycles. The minimum absolute atomic E-state index is 0.0304. The van der Waals surface area contributed by atoms with E-state index in [0.717, 1.165) is 66.5 Å². The highest BCUT2D eigenvalue weighted by atomic mass is 32.1. The Morgan fingerprint density at radius 1 is 1.04 bits per heavy atom. The fourth-order valence-electron chi connectivity index (χ4n) is 8.61. The number of aromatic hydroxyl groups is 1. The molecule has 2 atom stereocenters. The zero-order valence-corrected chi connectivity index (χ0v) is 32.6. The largest absolute Gasteiger partial charge is 0.506 e. The number of carboxylic acid groups (broad SMARTS) is 1. The van der Waals surface area contributed by atoms with Crippen LogP contribution in [0.25, 0.3) is 21.8 Å². The predicted octanol–water partition coefficient (Wildman–Crippen LogP) is 7.24. The van der Waals surface area contributed by atoms with Crippen LogP contribution in [0.15, 0.2) is 101 Å². The number of nitrogens with zero attached hydrogens (tertiary/aromatic N) is 3. The summed E-state index contributed by atoms with van der Waals surface area (Å²) in [4.78, 5) is 30.9. The number of β-amino-alcohol motifs (C(OH)–C–C–N with tert-alkyl or cyclic N) is 1. The van der Waals surface area contributed by atoms with Gasteiger partial charge in [0.2, 0.25) is 5.56 Å². The van der Waals surface area contributed by atoms with Crippen molar-refractivity contribution in [3.05, 3.63) is 128 Å². The highest BCUT2D eigenvalue weighted by Crippen LogP contribution is 2.44. The lowest BCUT2D eigenvalue weighted by Gasteiger charge is -2.38. The van der Waals surface area contributed by atoms with Gasteiger partial charge in [0.15, 0.2) is 0 Å². The molecule has 55 heavy (non-hydrogen) atoms. The number of carboxylic acids is 1. The van der Waals surface area contributed by atoms with Gasteiger partial charge in [-0.1, -0.05) is 48.5 Å². The fourth-order valence-corrected chi connectivity index (χ4v) is 9.56. The van der Waals surface area contributed by atoms with Gasteiger partial charge in [0.1, 0.15) is 11.2 Å².